The fourth-order valence-corrected chi connectivity index (χ4v) is 5.12. The van der Waals surface area contributed by atoms with E-state index in [1.165, 1.54) is 34.8 Å². The van der Waals surface area contributed by atoms with Crippen molar-refractivity contribution in [3.63, 3.8) is 0 Å². The normalized spacial score (nSPS) is 21.1. The maximum absolute atomic E-state index is 11.0. The number of hydrogen-bond acceptors (Lipinski definition) is 11. The molecule has 4 atom stereocenters. The Kier molecular flexibility index (Phi) is 7.81. The maximum atomic E-state index is 11.0. The van der Waals surface area contributed by atoms with E-state index in [-0.39, 0.29) is 5.69 Å². The summed E-state index contributed by atoms with van der Waals surface area (Å²) >= 11 is 1.39. The Bertz CT molecular complexity index is 1400. The van der Waals surface area contributed by atoms with Gasteiger partial charge in [-0.2, -0.15) is 4.98 Å². The zero-order chi connectivity index (χ0) is 26.6. The van der Waals surface area contributed by atoms with Crippen LogP contribution in [0.25, 0.3) is 11.2 Å². The molecule has 4 aromatic rings. The largest absolute Gasteiger partial charge is 0.394 e. The van der Waals surface area contributed by atoms with Crippen LogP contribution in [-0.4, -0.2) is 71.2 Å². The van der Waals surface area contributed by atoms with E-state index in [1.807, 2.05) is 30.3 Å². The molecule has 1 aliphatic heterocycles. The average Bonchev–Trinajstić information content (AvgIpc) is 3.48. The second-order valence-electron chi connectivity index (χ2n) is 8.78. The predicted molar refractivity (Wildman–Crippen MR) is 140 cm³/mol. The first kappa shape index (κ1) is 26.0. The Hall–Kier alpha value is -3.62. The zero-order valence-electron chi connectivity index (χ0n) is 20.1. The molecule has 38 heavy (non-hydrogen) atoms. The Morgan fingerprint density at radius 1 is 1.05 bits per heavy atom. The number of aliphatic hydroxyl groups is 3. The molecule has 5 rings (SSSR count). The highest BCUT2D eigenvalue weighted by atomic mass is 32.2. The first-order valence-electron chi connectivity index (χ1n) is 12.0. The van der Waals surface area contributed by atoms with Crippen LogP contribution in [0.15, 0.2) is 66.0 Å². The van der Waals surface area contributed by atoms with Gasteiger partial charge in [0, 0.05) is 24.4 Å². The molecule has 0 amide bonds. The first-order chi connectivity index (χ1) is 18.4. The van der Waals surface area contributed by atoms with Crippen molar-refractivity contribution in [2.24, 2.45) is 0 Å². The number of imidazole rings is 1. The number of nitrogens with one attached hydrogen (secondary N) is 1. The molecule has 0 radical (unpaired) electrons. The lowest BCUT2D eigenvalue weighted by atomic mass is 10.1. The monoisotopic (exact) mass is 538 g/mol. The van der Waals surface area contributed by atoms with Crippen LogP contribution in [0.1, 0.15) is 17.4 Å². The molecule has 1 aliphatic rings. The van der Waals surface area contributed by atoms with E-state index in [2.05, 4.69) is 20.3 Å². The van der Waals surface area contributed by atoms with Crippen LogP contribution in [0.4, 0.5) is 11.6 Å². The molecule has 0 saturated carbocycles. The number of nitro benzene ring substituents is 1. The second kappa shape index (κ2) is 11.4. The predicted octanol–water partition coefficient (Wildman–Crippen LogP) is 2.29. The zero-order valence-corrected chi connectivity index (χ0v) is 20.9. The molecule has 13 heteroatoms. The van der Waals surface area contributed by atoms with Crippen LogP contribution in [0, 0.1) is 10.1 Å². The molecule has 0 aliphatic carbocycles. The summed E-state index contributed by atoms with van der Waals surface area (Å²) in [6, 6.07) is 16.3. The number of aliphatic hydroxyl groups excluding tert-OH is 3. The van der Waals surface area contributed by atoms with Crippen molar-refractivity contribution in [1.82, 2.24) is 19.5 Å². The van der Waals surface area contributed by atoms with Gasteiger partial charge in [-0.25, -0.2) is 9.97 Å². The molecule has 2 aromatic carbocycles. The summed E-state index contributed by atoms with van der Waals surface area (Å²) in [6.45, 7) is 0.128. The minimum Gasteiger partial charge on any atom is -0.394 e. The van der Waals surface area contributed by atoms with E-state index >= 15 is 0 Å². The fourth-order valence-electron chi connectivity index (χ4n) is 4.20. The van der Waals surface area contributed by atoms with Crippen molar-refractivity contribution >= 4 is 34.6 Å². The van der Waals surface area contributed by atoms with Crippen molar-refractivity contribution in [2.75, 3.05) is 18.5 Å². The summed E-state index contributed by atoms with van der Waals surface area (Å²) in [5.41, 5.74) is 2.91. The number of nitro groups is 1. The van der Waals surface area contributed by atoms with E-state index in [1.54, 1.807) is 12.1 Å². The molecule has 0 spiro atoms. The molecular formula is C25H26N6O6S. The lowest BCUT2D eigenvalue weighted by Crippen LogP contribution is -2.33. The van der Waals surface area contributed by atoms with Gasteiger partial charge in [-0.15, -0.1) is 0 Å². The quantitative estimate of drug-likeness (QED) is 0.101. The number of thioether (sulfide) groups is 1. The van der Waals surface area contributed by atoms with Crippen molar-refractivity contribution in [2.45, 2.75) is 41.7 Å². The standard InChI is InChI=1S/C25H26N6O6S/c32-12-18-20(33)21(34)24(37-18)30-14-27-19-22(30)28-25(26-11-10-15-4-2-1-3-5-15)29-23(19)38-13-16-6-8-17(9-7-16)31(35)36/h1-9,14,18,20-21,24,32-34H,10-13H2,(H,26,28,29)/t18-,20-,21-,24-/m1/s1. The van der Waals surface area contributed by atoms with Gasteiger partial charge in [0.25, 0.3) is 5.69 Å². The van der Waals surface area contributed by atoms with Gasteiger partial charge in [0.05, 0.1) is 17.9 Å². The highest BCUT2D eigenvalue weighted by Gasteiger charge is 2.44. The van der Waals surface area contributed by atoms with E-state index < -0.39 is 36.1 Å². The SMILES string of the molecule is O=[N+]([O-])c1ccc(CSc2nc(NCCc3ccccc3)nc3c2ncn3[C@@H]2O[C@H](CO)[C@@H](O)[C@H]2O)cc1. The van der Waals surface area contributed by atoms with Crippen molar-refractivity contribution in [3.05, 3.63) is 82.2 Å². The smallest absolute Gasteiger partial charge is 0.269 e. The number of ether oxygens (including phenoxy) is 1. The van der Waals surface area contributed by atoms with E-state index in [9.17, 15) is 25.4 Å². The maximum Gasteiger partial charge on any atom is 0.269 e. The molecule has 0 unspecified atom stereocenters. The topological polar surface area (TPSA) is 169 Å². The Balaban J connectivity index is 1.42. The van der Waals surface area contributed by atoms with Gasteiger partial charge < -0.3 is 25.4 Å². The summed E-state index contributed by atoms with van der Waals surface area (Å²) in [5.74, 6) is 0.835. The summed E-state index contributed by atoms with van der Waals surface area (Å²) in [5, 5.41) is 45.1. The summed E-state index contributed by atoms with van der Waals surface area (Å²) in [7, 11) is 0. The number of hydrogen-bond donors (Lipinski definition) is 4. The Labute approximate surface area is 221 Å². The summed E-state index contributed by atoms with van der Waals surface area (Å²) < 4.78 is 7.22. The molecule has 1 saturated heterocycles. The van der Waals surface area contributed by atoms with E-state index in [0.717, 1.165) is 17.5 Å². The lowest BCUT2D eigenvalue weighted by Gasteiger charge is -2.17. The first-order valence-corrected chi connectivity index (χ1v) is 12.9. The van der Waals surface area contributed by atoms with Crippen LogP contribution in [0.3, 0.4) is 0 Å². The van der Waals surface area contributed by atoms with E-state index in [4.69, 9.17) is 4.74 Å². The number of benzene rings is 2. The van der Waals surface area contributed by atoms with Crippen LogP contribution < -0.4 is 5.32 Å². The number of nitrogens with zero attached hydrogens (tertiary/aromatic N) is 5. The van der Waals surface area contributed by atoms with Gasteiger partial charge in [-0.1, -0.05) is 54.2 Å². The minimum absolute atomic E-state index is 0.0188. The number of aromatic nitrogens is 4. The van der Waals surface area contributed by atoms with Crippen molar-refractivity contribution in [1.29, 1.82) is 0 Å². The Morgan fingerprint density at radius 3 is 2.50 bits per heavy atom. The van der Waals surface area contributed by atoms with Crippen LogP contribution in [0.5, 0.6) is 0 Å². The number of anilines is 1. The molecule has 3 heterocycles. The van der Waals surface area contributed by atoms with Crippen molar-refractivity contribution in [3.8, 4) is 0 Å². The summed E-state index contributed by atoms with van der Waals surface area (Å²) in [6.07, 6.45) is -2.26. The third-order valence-corrected chi connectivity index (χ3v) is 7.28. The van der Waals surface area contributed by atoms with Crippen LogP contribution >= 0.6 is 11.8 Å². The number of rotatable bonds is 10. The minimum atomic E-state index is -1.29. The van der Waals surface area contributed by atoms with Gasteiger partial charge in [-0.3, -0.25) is 14.7 Å². The van der Waals surface area contributed by atoms with Gasteiger partial charge in [-0.05, 0) is 17.5 Å². The molecule has 4 N–H and O–H groups in total. The molecule has 198 valence electrons. The Morgan fingerprint density at radius 2 is 1.82 bits per heavy atom. The summed E-state index contributed by atoms with van der Waals surface area (Å²) in [4.78, 5) is 24.3. The van der Waals surface area contributed by atoms with Gasteiger partial charge >= 0.3 is 0 Å². The van der Waals surface area contributed by atoms with Crippen LogP contribution in [-0.2, 0) is 16.9 Å². The van der Waals surface area contributed by atoms with Crippen molar-refractivity contribution < 1.29 is 25.0 Å². The number of non-ortho nitro benzene ring substituents is 1. The van der Waals surface area contributed by atoms with Crippen LogP contribution in [0.2, 0.25) is 0 Å². The van der Waals surface area contributed by atoms with Gasteiger partial charge in [0.15, 0.2) is 11.9 Å². The molecule has 1 fully saturated rings. The lowest BCUT2D eigenvalue weighted by molar-refractivity contribution is -0.384. The molecule has 2 aromatic heterocycles. The highest BCUT2D eigenvalue weighted by molar-refractivity contribution is 7.98. The third kappa shape index (κ3) is 5.47. The van der Waals surface area contributed by atoms with Gasteiger partial charge in [0.2, 0.25) is 5.95 Å². The van der Waals surface area contributed by atoms with E-state index in [0.29, 0.717) is 34.4 Å². The number of fused-ring (bicyclic) bond motifs is 1. The molecule has 12 nitrogen and oxygen atoms in total. The average molecular weight is 539 g/mol. The second-order valence-corrected chi connectivity index (χ2v) is 9.74. The molecular weight excluding hydrogens is 512 g/mol. The highest BCUT2D eigenvalue weighted by Crippen LogP contribution is 2.34. The molecule has 0 bridgehead atoms. The fraction of sp³-hybridized carbons (Fsp3) is 0.320. The van der Waals surface area contributed by atoms with Gasteiger partial charge in [0.1, 0.15) is 28.9 Å². The third-order valence-electron chi connectivity index (χ3n) is 6.24.